The first-order valence-electron chi connectivity index (χ1n) is 10.7. The standard InChI is InChI=1S/C24H23N5OS/c1-14-25-21-12-18(5-8-22(21)31-14)27-24(30)26-17-4-7-20-16(11-17)3-9-23(28-20)29-13-15-2-6-19(29)10-15/h3-5,7-9,11-12,15,19H,2,6,10,13H2,1H3,(H2,26,27,30)/t15-,19-/m0/s1. The maximum atomic E-state index is 12.5. The van der Waals surface area contributed by atoms with Gasteiger partial charge >= 0.3 is 6.03 Å². The van der Waals surface area contributed by atoms with Crippen LogP contribution < -0.4 is 15.5 Å². The first-order chi connectivity index (χ1) is 15.1. The number of piperidine rings is 1. The molecule has 7 heteroatoms. The van der Waals surface area contributed by atoms with Gasteiger partial charge in [0.1, 0.15) is 5.82 Å². The number of hydrogen-bond acceptors (Lipinski definition) is 5. The molecule has 2 aromatic carbocycles. The second-order valence-corrected chi connectivity index (χ2v) is 9.79. The number of carbonyl (C=O) groups excluding carboxylic acids is 1. The molecule has 31 heavy (non-hydrogen) atoms. The van der Waals surface area contributed by atoms with Crippen molar-refractivity contribution < 1.29 is 4.79 Å². The summed E-state index contributed by atoms with van der Waals surface area (Å²) in [6.07, 6.45) is 3.97. The topological polar surface area (TPSA) is 70.1 Å². The Morgan fingerprint density at radius 1 is 1.00 bits per heavy atom. The highest BCUT2D eigenvalue weighted by atomic mass is 32.1. The van der Waals surface area contributed by atoms with Crippen molar-refractivity contribution in [2.75, 3.05) is 22.1 Å². The number of amides is 2. The molecular weight excluding hydrogens is 406 g/mol. The quantitative estimate of drug-likeness (QED) is 0.433. The number of urea groups is 1. The fourth-order valence-electron chi connectivity index (χ4n) is 4.97. The first-order valence-corrected chi connectivity index (χ1v) is 11.5. The molecule has 0 radical (unpaired) electrons. The lowest BCUT2D eigenvalue weighted by Gasteiger charge is -2.28. The van der Waals surface area contributed by atoms with E-state index in [-0.39, 0.29) is 6.03 Å². The summed E-state index contributed by atoms with van der Waals surface area (Å²) in [7, 11) is 0. The van der Waals surface area contributed by atoms with Crippen molar-refractivity contribution in [2.45, 2.75) is 32.2 Å². The molecule has 2 N–H and O–H groups in total. The number of benzene rings is 2. The molecule has 1 saturated heterocycles. The van der Waals surface area contributed by atoms with Crippen LogP contribution in [-0.2, 0) is 0 Å². The number of rotatable bonds is 3. The average Bonchev–Trinajstić information content (AvgIpc) is 3.48. The molecule has 0 spiro atoms. The fourth-order valence-corrected chi connectivity index (χ4v) is 5.78. The molecule has 156 valence electrons. The highest BCUT2D eigenvalue weighted by Crippen LogP contribution is 2.39. The average molecular weight is 430 g/mol. The third kappa shape index (κ3) is 3.49. The largest absolute Gasteiger partial charge is 0.353 e. The van der Waals surface area contributed by atoms with E-state index in [2.05, 4.69) is 32.7 Å². The predicted molar refractivity (Wildman–Crippen MR) is 127 cm³/mol. The van der Waals surface area contributed by atoms with Gasteiger partial charge in [-0.2, -0.15) is 0 Å². The molecule has 2 amide bonds. The third-order valence-corrected chi connectivity index (χ3v) is 7.34. The Kier molecular flexibility index (Phi) is 4.31. The zero-order valence-corrected chi connectivity index (χ0v) is 18.1. The van der Waals surface area contributed by atoms with Gasteiger partial charge in [0.25, 0.3) is 0 Å². The summed E-state index contributed by atoms with van der Waals surface area (Å²) in [6, 6.07) is 16.2. The summed E-state index contributed by atoms with van der Waals surface area (Å²) >= 11 is 1.65. The molecule has 2 atom stereocenters. The van der Waals surface area contributed by atoms with Crippen LogP contribution in [0.2, 0.25) is 0 Å². The van der Waals surface area contributed by atoms with Crippen LogP contribution in [0.15, 0.2) is 48.5 Å². The van der Waals surface area contributed by atoms with E-state index < -0.39 is 0 Å². The number of aryl methyl sites for hydroxylation is 1. The summed E-state index contributed by atoms with van der Waals surface area (Å²) < 4.78 is 1.12. The molecular formula is C24H23N5OS. The number of thiazole rings is 1. The maximum absolute atomic E-state index is 12.5. The number of hydrogen-bond donors (Lipinski definition) is 2. The summed E-state index contributed by atoms with van der Waals surface area (Å²) in [4.78, 5) is 24.3. The molecule has 1 aliphatic heterocycles. The van der Waals surface area contributed by atoms with E-state index in [4.69, 9.17) is 4.98 Å². The van der Waals surface area contributed by atoms with E-state index in [9.17, 15) is 4.79 Å². The number of anilines is 3. The van der Waals surface area contributed by atoms with Gasteiger partial charge in [-0.05, 0) is 80.6 Å². The molecule has 1 saturated carbocycles. The monoisotopic (exact) mass is 429 g/mol. The Morgan fingerprint density at radius 2 is 1.84 bits per heavy atom. The lowest BCUT2D eigenvalue weighted by Crippen LogP contribution is -2.32. The first kappa shape index (κ1) is 18.6. The predicted octanol–water partition coefficient (Wildman–Crippen LogP) is 5.79. The SMILES string of the molecule is Cc1nc2cc(NC(=O)Nc3ccc4nc(N5C[C@H]6CC[C@H]5C6)ccc4c3)ccc2s1. The van der Waals surface area contributed by atoms with Crippen LogP contribution in [0.4, 0.5) is 22.0 Å². The summed E-state index contributed by atoms with van der Waals surface area (Å²) in [5, 5.41) is 7.85. The van der Waals surface area contributed by atoms with Crippen LogP contribution in [0.5, 0.6) is 0 Å². The molecule has 0 unspecified atom stereocenters. The van der Waals surface area contributed by atoms with E-state index in [1.807, 2.05) is 43.3 Å². The number of nitrogens with zero attached hydrogens (tertiary/aromatic N) is 3. The number of carbonyl (C=O) groups is 1. The summed E-state index contributed by atoms with van der Waals surface area (Å²) in [6.45, 7) is 3.12. The number of nitrogens with one attached hydrogen (secondary N) is 2. The molecule has 2 aliphatic rings. The lowest BCUT2D eigenvalue weighted by molar-refractivity contribution is 0.262. The van der Waals surface area contributed by atoms with Crippen molar-refractivity contribution in [1.29, 1.82) is 0 Å². The smallest absolute Gasteiger partial charge is 0.323 e. The van der Waals surface area contributed by atoms with Crippen LogP contribution in [0.3, 0.4) is 0 Å². The second-order valence-electron chi connectivity index (χ2n) is 8.56. The van der Waals surface area contributed by atoms with Crippen LogP contribution in [0.25, 0.3) is 21.1 Å². The Bertz CT molecular complexity index is 1320. The molecule has 6 rings (SSSR count). The number of aromatic nitrogens is 2. The molecule has 2 fully saturated rings. The molecule has 6 nitrogen and oxygen atoms in total. The van der Waals surface area contributed by atoms with Gasteiger partial charge < -0.3 is 15.5 Å². The summed E-state index contributed by atoms with van der Waals surface area (Å²) in [5.74, 6) is 1.92. The Morgan fingerprint density at radius 3 is 2.65 bits per heavy atom. The van der Waals surface area contributed by atoms with E-state index in [1.54, 1.807) is 11.3 Å². The van der Waals surface area contributed by atoms with Crippen molar-refractivity contribution >= 4 is 55.7 Å². The van der Waals surface area contributed by atoms with Crippen molar-refractivity contribution in [3.05, 3.63) is 53.5 Å². The fraction of sp³-hybridized carbons (Fsp3) is 0.292. The van der Waals surface area contributed by atoms with Gasteiger partial charge in [0.05, 0.1) is 20.7 Å². The van der Waals surface area contributed by atoms with Gasteiger partial charge in [-0.3, -0.25) is 0 Å². The van der Waals surface area contributed by atoms with E-state index >= 15 is 0 Å². The molecule has 3 heterocycles. The zero-order valence-electron chi connectivity index (χ0n) is 17.3. The summed E-state index contributed by atoms with van der Waals surface area (Å²) in [5.41, 5.74) is 3.32. The second kappa shape index (κ2) is 7.20. The highest BCUT2D eigenvalue weighted by molar-refractivity contribution is 7.18. The van der Waals surface area contributed by atoms with Crippen molar-refractivity contribution in [3.63, 3.8) is 0 Å². The Labute approximate surface area is 184 Å². The van der Waals surface area contributed by atoms with Gasteiger partial charge in [0, 0.05) is 29.3 Å². The van der Waals surface area contributed by atoms with Crippen LogP contribution in [-0.4, -0.2) is 28.6 Å². The van der Waals surface area contributed by atoms with E-state index in [0.29, 0.717) is 6.04 Å². The number of pyridine rings is 1. The van der Waals surface area contributed by atoms with E-state index in [1.165, 1.54) is 19.3 Å². The van der Waals surface area contributed by atoms with Gasteiger partial charge in [0.2, 0.25) is 0 Å². The van der Waals surface area contributed by atoms with Gasteiger partial charge in [-0.25, -0.2) is 14.8 Å². The van der Waals surface area contributed by atoms with Crippen molar-refractivity contribution in [3.8, 4) is 0 Å². The van der Waals surface area contributed by atoms with Gasteiger partial charge in [0.15, 0.2) is 0 Å². The molecule has 1 aliphatic carbocycles. The maximum Gasteiger partial charge on any atom is 0.323 e. The van der Waals surface area contributed by atoms with Crippen LogP contribution in [0.1, 0.15) is 24.3 Å². The minimum absolute atomic E-state index is 0.275. The normalized spacial score (nSPS) is 20.0. The molecule has 4 aromatic rings. The zero-order chi connectivity index (χ0) is 20.9. The molecule has 2 aromatic heterocycles. The molecule has 2 bridgehead atoms. The van der Waals surface area contributed by atoms with Gasteiger partial charge in [-0.15, -0.1) is 11.3 Å². The highest BCUT2D eigenvalue weighted by Gasteiger charge is 2.38. The Balaban J connectivity index is 1.17. The van der Waals surface area contributed by atoms with E-state index in [0.717, 1.165) is 55.8 Å². The van der Waals surface area contributed by atoms with Crippen molar-refractivity contribution in [1.82, 2.24) is 9.97 Å². The van der Waals surface area contributed by atoms with Crippen LogP contribution in [0, 0.1) is 12.8 Å². The Hall–Kier alpha value is -3.19. The lowest BCUT2D eigenvalue weighted by atomic mass is 10.1. The van der Waals surface area contributed by atoms with Crippen molar-refractivity contribution in [2.24, 2.45) is 5.92 Å². The number of fused-ring (bicyclic) bond motifs is 4. The van der Waals surface area contributed by atoms with Gasteiger partial charge in [-0.1, -0.05) is 0 Å². The third-order valence-electron chi connectivity index (χ3n) is 6.39. The minimum atomic E-state index is -0.275. The van der Waals surface area contributed by atoms with Crippen LogP contribution >= 0.6 is 11.3 Å². The minimum Gasteiger partial charge on any atom is -0.353 e.